The van der Waals surface area contributed by atoms with E-state index in [2.05, 4.69) is 14.7 Å². The molecular weight excluding hydrogens is 302 g/mol. The molecule has 0 aromatic carbocycles. The number of halogens is 1. The van der Waals surface area contributed by atoms with Gasteiger partial charge in [0.25, 0.3) is 5.56 Å². The van der Waals surface area contributed by atoms with Gasteiger partial charge in [0.1, 0.15) is 5.02 Å². The Hall–Kier alpha value is -1.70. The molecule has 0 radical (unpaired) electrons. The molecule has 0 aliphatic heterocycles. The summed E-state index contributed by atoms with van der Waals surface area (Å²) in [5.41, 5.74) is 1.05. The molecule has 106 valence electrons. The molecule has 6 nitrogen and oxygen atoms in total. The van der Waals surface area contributed by atoms with Gasteiger partial charge in [-0.2, -0.15) is 0 Å². The first-order chi connectivity index (χ1) is 9.38. The standard InChI is InChI=1S/C12H12ClN3O3S/c1-8-2-3-9(5-14-8)6-16-20(18,19)10-4-11(13)12(17)15-7-10/h2-5,7,16H,6H2,1H3,(H,15,17). The highest BCUT2D eigenvalue weighted by Crippen LogP contribution is 2.11. The molecule has 8 heteroatoms. The van der Waals surface area contributed by atoms with E-state index < -0.39 is 15.6 Å². The van der Waals surface area contributed by atoms with Gasteiger partial charge in [-0.05, 0) is 24.6 Å². The van der Waals surface area contributed by atoms with Crippen molar-refractivity contribution in [1.29, 1.82) is 0 Å². The fourth-order valence-corrected chi connectivity index (χ4v) is 2.70. The van der Waals surface area contributed by atoms with Gasteiger partial charge in [-0.1, -0.05) is 17.7 Å². The Morgan fingerprint density at radius 1 is 1.40 bits per heavy atom. The molecule has 0 aliphatic carbocycles. The van der Waals surface area contributed by atoms with Crippen LogP contribution in [0.5, 0.6) is 0 Å². The topological polar surface area (TPSA) is 91.9 Å². The molecule has 0 atom stereocenters. The van der Waals surface area contributed by atoms with E-state index in [1.807, 2.05) is 6.92 Å². The maximum absolute atomic E-state index is 12.0. The summed E-state index contributed by atoms with van der Waals surface area (Å²) in [6, 6.07) is 4.68. The minimum absolute atomic E-state index is 0.0952. The van der Waals surface area contributed by atoms with Crippen LogP contribution in [0.1, 0.15) is 11.3 Å². The predicted molar refractivity (Wildman–Crippen MR) is 75.1 cm³/mol. The average Bonchev–Trinajstić information content (AvgIpc) is 2.41. The second kappa shape index (κ2) is 5.74. The number of sulfonamides is 1. The van der Waals surface area contributed by atoms with Crippen molar-refractivity contribution < 1.29 is 8.42 Å². The van der Waals surface area contributed by atoms with Crippen molar-refractivity contribution in [3.63, 3.8) is 0 Å². The van der Waals surface area contributed by atoms with Gasteiger partial charge < -0.3 is 4.98 Å². The number of pyridine rings is 2. The zero-order valence-electron chi connectivity index (χ0n) is 10.6. The van der Waals surface area contributed by atoms with Gasteiger partial charge in [0.15, 0.2) is 0 Å². The summed E-state index contributed by atoms with van der Waals surface area (Å²) >= 11 is 5.61. The van der Waals surface area contributed by atoms with Gasteiger partial charge in [-0.25, -0.2) is 13.1 Å². The second-order valence-corrected chi connectivity index (χ2v) is 6.32. The zero-order valence-corrected chi connectivity index (χ0v) is 12.1. The van der Waals surface area contributed by atoms with Crippen molar-refractivity contribution in [3.05, 3.63) is 57.2 Å². The Balaban J connectivity index is 2.16. The number of aromatic amines is 1. The molecule has 2 aromatic heterocycles. The van der Waals surface area contributed by atoms with Crippen LogP contribution in [0.25, 0.3) is 0 Å². The van der Waals surface area contributed by atoms with Crippen molar-refractivity contribution in [3.8, 4) is 0 Å². The van der Waals surface area contributed by atoms with Crippen LogP contribution in [0.2, 0.25) is 5.02 Å². The summed E-state index contributed by atoms with van der Waals surface area (Å²) in [6.07, 6.45) is 2.70. The Kier molecular flexibility index (Phi) is 4.22. The lowest BCUT2D eigenvalue weighted by Crippen LogP contribution is -2.24. The zero-order chi connectivity index (χ0) is 14.8. The summed E-state index contributed by atoms with van der Waals surface area (Å²) in [7, 11) is -3.74. The quantitative estimate of drug-likeness (QED) is 0.887. The number of hydrogen-bond acceptors (Lipinski definition) is 4. The number of hydrogen-bond donors (Lipinski definition) is 2. The maximum Gasteiger partial charge on any atom is 0.266 e. The smallest absolute Gasteiger partial charge is 0.266 e. The van der Waals surface area contributed by atoms with E-state index in [9.17, 15) is 13.2 Å². The normalized spacial score (nSPS) is 11.5. The molecule has 0 amide bonds. The van der Waals surface area contributed by atoms with Crippen LogP contribution in [0.3, 0.4) is 0 Å². The summed E-state index contributed by atoms with van der Waals surface area (Å²) in [4.78, 5) is 17.3. The van der Waals surface area contributed by atoms with Gasteiger partial charge in [0.05, 0.1) is 4.90 Å². The summed E-state index contributed by atoms with van der Waals surface area (Å²) in [6.45, 7) is 1.95. The van der Waals surface area contributed by atoms with Crippen LogP contribution in [0, 0.1) is 6.92 Å². The molecule has 0 unspecified atom stereocenters. The maximum atomic E-state index is 12.0. The third-order valence-electron chi connectivity index (χ3n) is 2.58. The lowest BCUT2D eigenvalue weighted by Gasteiger charge is -2.07. The first kappa shape index (κ1) is 14.7. The molecule has 2 aromatic rings. The van der Waals surface area contributed by atoms with E-state index in [-0.39, 0.29) is 16.5 Å². The number of nitrogens with one attached hydrogen (secondary N) is 2. The van der Waals surface area contributed by atoms with Crippen LogP contribution in [-0.4, -0.2) is 18.4 Å². The predicted octanol–water partition coefficient (Wildman–Crippen LogP) is 1.21. The molecule has 0 aliphatic rings. The average molecular weight is 314 g/mol. The highest BCUT2D eigenvalue weighted by molar-refractivity contribution is 7.89. The van der Waals surface area contributed by atoms with Crippen molar-refractivity contribution >= 4 is 21.6 Å². The highest BCUT2D eigenvalue weighted by atomic mass is 35.5. The summed E-state index contributed by atoms with van der Waals surface area (Å²) in [5, 5.41) is -0.176. The molecule has 0 saturated heterocycles. The van der Waals surface area contributed by atoms with Crippen molar-refractivity contribution in [2.24, 2.45) is 0 Å². The molecule has 0 saturated carbocycles. The van der Waals surface area contributed by atoms with E-state index in [1.54, 1.807) is 18.3 Å². The Morgan fingerprint density at radius 3 is 2.75 bits per heavy atom. The molecule has 20 heavy (non-hydrogen) atoms. The number of aromatic nitrogens is 2. The van der Waals surface area contributed by atoms with Gasteiger partial charge in [-0.3, -0.25) is 9.78 Å². The Bertz CT molecular complexity index is 769. The monoisotopic (exact) mass is 313 g/mol. The van der Waals surface area contributed by atoms with E-state index >= 15 is 0 Å². The van der Waals surface area contributed by atoms with E-state index in [0.29, 0.717) is 0 Å². The van der Waals surface area contributed by atoms with Gasteiger partial charge in [-0.15, -0.1) is 0 Å². The molecule has 2 N–H and O–H groups in total. The fraction of sp³-hybridized carbons (Fsp3) is 0.167. The largest absolute Gasteiger partial charge is 0.326 e. The molecular formula is C12H12ClN3O3S. The Morgan fingerprint density at radius 2 is 2.15 bits per heavy atom. The fourth-order valence-electron chi connectivity index (χ4n) is 1.46. The van der Waals surface area contributed by atoms with Crippen molar-refractivity contribution in [2.75, 3.05) is 0 Å². The van der Waals surface area contributed by atoms with Gasteiger partial charge in [0.2, 0.25) is 10.0 Å². The van der Waals surface area contributed by atoms with E-state index in [4.69, 9.17) is 11.6 Å². The molecule has 0 spiro atoms. The number of rotatable bonds is 4. The van der Waals surface area contributed by atoms with E-state index in [1.165, 1.54) is 0 Å². The van der Waals surface area contributed by atoms with Crippen LogP contribution in [0.4, 0.5) is 0 Å². The lowest BCUT2D eigenvalue weighted by atomic mass is 10.2. The molecule has 2 heterocycles. The Labute approximate surface area is 120 Å². The first-order valence-electron chi connectivity index (χ1n) is 5.68. The van der Waals surface area contributed by atoms with Crippen LogP contribution >= 0.6 is 11.6 Å². The summed E-state index contributed by atoms with van der Waals surface area (Å²) < 4.78 is 26.5. The number of H-pyrrole nitrogens is 1. The lowest BCUT2D eigenvalue weighted by molar-refractivity contribution is 0.580. The van der Waals surface area contributed by atoms with Gasteiger partial charge >= 0.3 is 0 Å². The number of nitrogens with zero attached hydrogens (tertiary/aromatic N) is 1. The SMILES string of the molecule is Cc1ccc(CNS(=O)(=O)c2c[nH]c(=O)c(Cl)c2)cn1. The third-order valence-corrected chi connectivity index (χ3v) is 4.24. The third kappa shape index (κ3) is 3.44. The van der Waals surface area contributed by atoms with Crippen molar-refractivity contribution in [1.82, 2.24) is 14.7 Å². The van der Waals surface area contributed by atoms with Crippen LogP contribution in [0.15, 0.2) is 40.3 Å². The highest BCUT2D eigenvalue weighted by Gasteiger charge is 2.15. The molecule has 0 bridgehead atoms. The van der Waals surface area contributed by atoms with Crippen molar-refractivity contribution in [2.45, 2.75) is 18.4 Å². The van der Waals surface area contributed by atoms with Crippen LogP contribution < -0.4 is 10.3 Å². The minimum atomic E-state index is -3.74. The van der Waals surface area contributed by atoms with Crippen LogP contribution in [-0.2, 0) is 16.6 Å². The van der Waals surface area contributed by atoms with Gasteiger partial charge in [0, 0.05) is 24.6 Å². The first-order valence-corrected chi connectivity index (χ1v) is 7.54. The number of aryl methyl sites for hydroxylation is 1. The summed E-state index contributed by atoms with van der Waals surface area (Å²) in [5.74, 6) is 0. The minimum Gasteiger partial charge on any atom is -0.326 e. The molecule has 0 fully saturated rings. The van der Waals surface area contributed by atoms with E-state index in [0.717, 1.165) is 23.5 Å². The second-order valence-electron chi connectivity index (χ2n) is 4.14. The molecule has 2 rings (SSSR count).